The van der Waals surface area contributed by atoms with Crippen molar-refractivity contribution in [2.75, 3.05) is 13.2 Å². The van der Waals surface area contributed by atoms with Gasteiger partial charge in [0.15, 0.2) is 11.5 Å². The van der Waals surface area contributed by atoms with Crippen molar-refractivity contribution in [2.24, 2.45) is 0 Å². The molecule has 2 aromatic carbocycles. The number of aliphatic hydroxyl groups is 1. The summed E-state index contributed by atoms with van der Waals surface area (Å²) in [7, 11) is 0. The van der Waals surface area contributed by atoms with E-state index in [2.05, 4.69) is 0 Å². The van der Waals surface area contributed by atoms with E-state index in [-0.39, 0.29) is 17.9 Å². The number of hydrogen-bond donors (Lipinski definition) is 1. The number of furan rings is 1. The van der Waals surface area contributed by atoms with E-state index in [0.717, 1.165) is 5.56 Å². The first kappa shape index (κ1) is 19.0. The van der Waals surface area contributed by atoms with Gasteiger partial charge in [-0.1, -0.05) is 30.3 Å². The molecule has 0 aliphatic carbocycles. The molecule has 1 fully saturated rings. The van der Waals surface area contributed by atoms with Gasteiger partial charge < -0.3 is 23.9 Å². The van der Waals surface area contributed by atoms with Crippen LogP contribution in [0.4, 0.5) is 0 Å². The fraction of sp³-hybridized carbons (Fsp3) is 0.167. The predicted octanol–water partition coefficient (Wildman–Crippen LogP) is 3.67. The number of nitrogens with zero attached hydrogens (tertiary/aromatic N) is 1. The monoisotopic (exact) mass is 417 g/mol. The van der Waals surface area contributed by atoms with Gasteiger partial charge in [-0.25, -0.2) is 0 Å². The maximum Gasteiger partial charge on any atom is 0.296 e. The standard InChI is InChI=1S/C24H19NO6/c26-22(16-8-9-17-19(13-16)31-12-11-30-17)20-21(18-7-4-10-29-18)25(24(28)23(20)27)14-15-5-2-1-3-6-15/h1-10,13,21,26H,11-12,14H2. The van der Waals surface area contributed by atoms with Crippen molar-refractivity contribution in [2.45, 2.75) is 12.6 Å². The second kappa shape index (κ2) is 7.68. The van der Waals surface area contributed by atoms with Crippen molar-refractivity contribution < 1.29 is 28.6 Å². The number of rotatable bonds is 4. The largest absolute Gasteiger partial charge is 0.507 e. The summed E-state index contributed by atoms with van der Waals surface area (Å²) in [5, 5.41) is 11.1. The van der Waals surface area contributed by atoms with E-state index in [1.807, 2.05) is 30.3 Å². The van der Waals surface area contributed by atoms with Crippen molar-refractivity contribution >= 4 is 17.4 Å². The third kappa shape index (κ3) is 3.34. The molecule has 2 aliphatic rings. The van der Waals surface area contributed by atoms with Crippen LogP contribution in [0.15, 0.2) is 76.9 Å². The summed E-state index contributed by atoms with van der Waals surface area (Å²) in [6.45, 7) is 1.04. The molecule has 0 spiro atoms. The molecule has 1 unspecified atom stereocenters. The minimum Gasteiger partial charge on any atom is -0.507 e. The third-order valence-electron chi connectivity index (χ3n) is 5.36. The van der Waals surface area contributed by atoms with Gasteiger partial charge in [0.2, 0.25) is 0 Å². The van der Waals surface area contributed by atoms with Crippen molar-refractivity contribution in [3.8, 4) is 11.5 Å². The number of carbonyl (C=O) groups excluding carboxylic acids is 2. The number of aliphatic hydroxyl groups excluding tert-OH is 1. The molecular weight excluding hydrogens is 398 g/mol. The van der Waals surface area contributed by atoms with Gasteiger partial charge in [-0.05, 0) is 35.9 Å². The van der Waals surface area contributed by atoms with Crippen LogP contribution in [-0.4, -0.2) is 34.9 Å². The van der Waals surface area contributed by atoms with E-state index < -0.39 is 17.7 Å². The number of Topliss-reactive ketones (excluding diaryl/α,β-unsaturated/α-hetero) is 1. The van der Waals surface area contributed by atoms with Crippen LogP contribution in [0, 0.1) is 0 Å². The van der Waals surface area contributed by atoms with E-state index in [4.69, 9.17) is 13.9 Å². The van der Waals surface area contributed by atoms with Crippen LogP contribution in [0.1, 0.15) is 22.9 Å². The van der Waals surface area contributed by atoms with Crippen LogP contribution in [0.3, 0.4) is 0 Å². The highest BCUT2D eigenvalue weighted by Gasteiger charge is 2.47. The van der Waals surface area contributed by atoms with Gasteiger partial charge in [-0.3, -0.25) is 9.59 Å². The lowest BCUT2D eigenvalue weighted by Crippen LogP contribution is -2.29. The molecule has 3 aromatic rings. The lowest BCUT2D eigenvalue weighted by atomic mass is 9.99. The second-order valence-corrected chi connectivity index (χ2v) is 7.29. The van der Waals surface area contributed by atoms with Crippen LogP contribution in [0.2, 0.25) is 0 Å². The highest BCUT2D eigenvalue weighted by molar-refractivity contribution is 6.46. The number of likely N-dealkylation sites (tertiary alicyclic amines) is 1. The Morgan fingerprint density at radius 2 is 1.74 bits per heavy atom. The summed E-state index contributed by atoms with van der Waals surface area (Å²) in [6.07, 6.45) is 1.47. The molecule has 1 saturated heterocycles. The molecule has 5 rings (SSSR count). The smallest absolute Gasteiger partial charge is 0.296 e. The number of amides is 1. The number of fused-ring (bicyclic) bond motifs is 1. The first-order valence-electron chi connectivity index (χ1n) is 9.89. The average molecular weight is 417 g/mol. The second-order valence-electron chi connectivity index (χ2n) is 7.29. The number of hydrogen-bond acceptors (Lipinski definition) is 6. The molecule has 1 aromatic heterocycles. The Labute approximate surface area is 178 Å². The predicted molar refractivity (Wildman–Crippen MR) is 110 cm³/mol. The number of ether oxygens (including phenoxy) is 2. The highest BCUT2D eigenvalue weighted by Crippen LogP contribution is 2.41. The first-order chi connectivity index (χ1) is 15.1. The quantitative estimate of drug-likeness (QED) is 0.396. The SMILES string of the molecule is O=C1C(=O)N(Cc2ccccc2)C(c2ccco2)C1=C(O)c1ccc2c(c1)OCCO2. The molecule has 3 heterocycles. The van der Waals surface area contributed by atoms with Crippen LogP contribution >= 0.6 is 0 Å². The van der Waals surface area contributed by atoms with Crippen LogP contribution in [0.5, 0.6) is 11.5 Å². The summed E-state index contributed by atoms with van der Waals surface area (Å²) in [5.74, 6) is -0.297. The van der Waals surface area contributed by atoms with E-state index in [1.54, 1.807) is 30.3 Å². The van der Waals surface area contributed by atoms with Crippen molar-refractivity contribution in [1.29, 1.82) is 0 Å². The normalized spacial score (nSPS) is 19.6. The zero-order valence-electron chi connectivity index (χ0n) is 16.5. The summed E-state index contributed by atoms with van der Waals surface area (Å²) < 4.78 is 16.7. The molecule has 2 aliphatic heterocycles. The molecular formula is C24H19NO6. The summed E-state index contributed by atoms with van der Waals surface area (Å²) in [6, 6.07) is 16.8. The molecule has 0 bridgehead atoms. The zero-order chi connectivity index (χ0) is 21.4. The molecule has 0 radical (unpaired) electrons. The lowest BCUT2D eigenvalue weighted by molar-refractivity contribution is -0.140. The Morgan fingerprint density at radius 3 is 2.48 bits per heavy atom. The lowest BCUT2D eigenvalue weighted by Gasteiger charge is -2.23. The van der Waals surface area contributed by atoms with E-state index in [9.17, 15) is 14.7 Å². The van der Waals surface area contributed by atoms with E-state index in [1.165, 1.54) is 11.2 Å². The molecule has 31 heavy (non-hydrogen) atoms. The fourth-order valence-corrected chi connectivity index (χ4v) is 3.91. The minimum absolute atomic E-state index is 0.0208. The van der Waals surface area contributed by atoms with Crippen LogP contribution in [-0.2, 0) is 16.1 Å². The van der Waals surface area contributed by atoms with Gasteiger partial charge in [-0.2, -0.15) is 0 Å². The number of ketones is 1. The molecule has 7 nitrogen and oxygen atoms in total. The number of benzene rings is 2. The van der Waals surface area contributed by atoms with Crippen LogP contribution in [0.25, 0.3) is 5.76 Å². The Balaban J connectivity index is 1.60. The number of carbonyl (C=O) groups is 2. The van der Waals surface area contributed by atoms with Gasteiger partial charge in [0.1, 0.15) is 30.8 Å². The average Bonchev–Trinajstić information content (AvgIpc) is 3.42. The molecule has 7 heteroatoms. The van der Waals surface area contributed by atoms with Gasteiger partial charge >= 0.3 is 0 Å². The maximum absolute atomic E-state index is 13.0. The van der Waals surface area contributed by atoms with Gasteiger partial charge in [0.25, 0.3) is 11.7 Å². The molecule has 0 saturated carbocycles. The van der Waals surface area contributed by atoms with E-state index >= 15 is 0 Å². The van der Waals surface area contributed by atoms with Crippen molar-refractivity contribution in [3.05, 3.63) is 89.4 Å². The molecule has 1 N–H and O–H groups in total. The zero-order valence-corrected chi connectivity index (χ0v) is 16.5. The van der Waals surface area contributed by atoms with Crippen molar-refractivity contribution in [3.63, 3.8) is 0 Å². The Bertz CT molecular complexity index is 1170. The van der Waals surface area contributed by atoms with E-state index in [0.29, 0.717) is 36.0 Å². The Kier molecular flexibility index (Phi) is 4.71. The third-order valence-corrected chi connectivity index (χ3v) is 5.36. The Morgan fingerprint density at radius 1 is 0.968 bits per heavy atom. The Hall–Kier alpha value is -4.00. The summed E-state index contributed by atoms with van der Waals surface area (Å²) in [5.41, 5.74) is 1.20. The summed E-state index contributed by atoms with van der Waals surface area (Å²) >= 11 is 0. The minimum atomic E-state index is -0.844. The first-order valence-corrected chi connectivity index (χ1v) is 9.89. The molecule has 1 amide bonds. The molecule has 1 atom stereocenters. The van der Waals surface area contributed by atoms with Crippen molar-refractivity contribution in [1.82, 2.24) is 4.90 Å². The van der Waals surface area contributed by atoms with Gasteiger partial charge in [0, 0.05) is 12.1 Å². The van der Waals surface area contributed by atoms with Gasteiger partial charge in [-0.15, -0.1) is 0 Å². The topological polar surface area (TPSA) is 89.2 Å². The molecule has 156 valence electrons. The summed E-state index contributed by atoms with van der Waals surface area (Å²) in [4.78, 5) is 27.4. The highest BCUT2D eigenvalue weighted by atomic mass is 16.6. The van der Waals surface area contributed by atoms with Gasteiger partial charge in [0.05, 0.1) is 11.8 Å². The fourth-order valence-electron chi connectivity index (χ4n) is 3.91. The maximum atomic E-state index is 13.0. The van der Waals surface area contributed by atoms with Crippen LogP contribution < -0.4 is 9.47 Å².